The normalized spacial score (nSPS) is 19.9. The Morgan fingerprint density at radius 3 is 3.12 bits per heavy atom. The van der Waals surface area contributed by atoms with Crippen molar-refractivity contribution in [1.29, 1.82) is 0 Å². The van der Waals surface area contributed by atoms with E-state index in [0.29, 0.717) is 17.6 Å². The molecule has 1 atom stereocenters. The van der Waals surface area contributed by atoms with Crippen molar-refractivity contribution in [2.75, 3.05) is 25.1 Å². The molecule has 2 rings (SSSR count). The second-order valence-electron chi connectivity index (χ2n) is 4.04. The molecule has 17 heavy (non-hydrogen) atoms. The Morgan fingerprint density at radius 2 is 2.47 bits per heavy atom. The predicted molar refractivity (Wildman–Crippen MR) is 65.2 cm³/mol. The maximum atomic E-state index is 11.5. The van der Waals surface area contributed by atoms with Crippen LogP contribution in [0.1, 0.15) is 17.8 Å². The fraction of sp³-hybridized carbons (Fsp3) is 0.700. The van der Waals surface area contributed by atoms with Crippen LogP contribution in [0.2, 0.25) is 0 Å². The molecule has 0 spiro atoms. The fourth-order valence-electron chi connectivity index (χ4n) is 1.69. The molecule has 0 saturated carbocycles. The number of urea groups is 1. The Balaban J connectivity index is 1.70. The van der Waals surface area contributed by atoms with Gasteiger partial charge in [-0.3, -0.25) is 5.32 Å². The first kappa shape index (κ1) is 12.3. The Hall–Kier alpha value is -1.21. The summed E-state index contributed by atoms with van der Waals surface area (Å²) in [4.78, 5) is 11.5. The number of rotatable bonds is 3. The molecule has 94 valence electrons. The number of nitrogens with one attached hydrogen (secondary N) is 2. The summed E-state index contributed by atoms with van der Waals surface area (Å²) in [6.07, 6.45) is 2.18. The van der Waals surface area contributed by atoms with Crippen molar-refractivity contribution in [2.45, 2.75) is 19.8 Å². The van der Waals surface area contributed by atoms with E-state index in [0.717, 1.165) is 31.1 Å². The molecule has 0 aromatic carbocycles. The first-order valence-electron chi connectivity index (χ1n) is 5.67. The van der Waals surface area contributed by atoms with Crippen molar-refractivity contribution < 1.29 is 9.53 Å². The number of aromatic nitrogens is 2. The van der Waals surface area contributed by atoms with Gasteiger partial charge in [0.1, 0.15) is 5.01 Å². The van der Waals surface area contributed by atoms with E-state index in [2.05, 4.69) is 20.8 Å². The van der Waals surface area contributed by atoms with Crippen molar-refractivity contribution in [1.82, 2.24) is 15.5 Å². The van der Waals surface area contributed by atoms with Crippen LogP contribution in [0.15, 0.2) is 0 Å². The topological polar surface area (TPSA) is 76.1 Å². The monoisotopic (exact) mass is 256 g/mol. The van der Waals surface area contributed by atoms with Gasteiger partial charge in [-0.1, -0.05) is 11.3 Å². The molecule has 1 aromatic heterocycles. The van der Waals surface area contributed by atoms with Crippen LogP contribution >= 0.6 is 11.3 Å². The van der Waals surface area contributed by atoms with Gasteiger partial charge < -0.3 is 10.1 Å². The predicted octanol–water partition coefficient (Wildman–Crippen LogP) is 1.39. The van der Waals surface area contributed by atoms with E-state index in [1.54, 1.807) is 0 Å². The molecule has 0 bridgehead atoms. The van der Waals surface area contributed by atoms with Gasteiger partial charge in [-0.05, 0) is 25.7 Å². The number of nitrogens with zero attached hydrogens (tertiary/aromatic N) is 2. The van der Waals surface area contributed by atoms with Gasteiger partial charge in [0.25, 0.3) is 0 Å². The maximum Gasteiger partial charge on any atom is 0.321 e. The van der Waals surface area contributed by atoms with Gasteiger partial charge in [-0.15, -0.1) is 10.2 Å². The summed E-state index contributed by atoms with van der Waals surface area (Å²) in [7, 11) is 0. The quantitative estimate of drug-likeness (QED) is 0.857. The van der Waals surface area contributed by atoms with E-state index in [-0.39, 0.29) is 6.03 Å². The first-order valence-corrected chi connectivity index (χ1v) is 6.48. The molecule has 7 heteroatoms. The van der Waals surface area contributed by atoms with Crippen LogP contribution in [-0.4, -0.2) is 36.0 Å². The minimum Gasteiger partial charge on any atom is -0.381 e. The molecule has 6 nitrogen and oxygen atoms in total. The number of aryl methyl sites for hydroxylation is 1. The Bertz CT molecular complexity index is 376. The summed E-state index contributed by atoms with van der Waals surface area (Å²) < 4.78 is 5.34. The number of amides is 2. The second-order valence-corrected chi connectivity index (χ2v) is 5.23. The number of hydrogen-bond donors (Lipinski definition) is 2. The van der Waals surface area contributed by atoms with Gasteiger partial charge in [0.05, 0.1) is 6.61 Å². The third kappa shape index (κ3) is 3.94. The van der Waals surface area contributed by atoms with Gasteiger partial charge in [0.15, 0.2) is 0 Å². The lowest BCUT2D eigenvalue weighted by Crippen LogP contribution is -2.35. The number of ether oxygens (including phenoxy) is 1. The molecular formula is C10H16N4O2S. The van der Waals surface area contributed by atoms with Crippen molar-refractivity contribution in [3.05, 3.63) is 5.01 Å². The Labute approximate surface area is 104 Å². The maximum absolute atomic E-state index is 11.5. The lowest BCUT2D eigenvalue weighted by atomic mass is 10.0. The molecule has 0 aliphatic carbocycles. The minimum absolute atomic E-state index is 0.230. The first-order chi connectivity index (χ1) is 8.24. The molecule has 1 fully saturated rings. The number of anilines is 1. The molecule has 1 saturated heterocycles. The smallest absolute Gasteiger partial charge is 0.321 e. The van der Waals surface area contributed by atoms with E-state index < -0.39 is 0 Å². The van der Waals surface area contributed by atoms with Crippen molar-refractivity contribution in [3.8, 4) is 0 Å². The van der Waals surface area contributed by atoms with Gasteiger partial charge in [0.2, 0.25) is 5.13 Å². The van der Waals surface area contributed by atoms with E-state index in [1.807, 2.05) is 6.92 Å². The second kappa shape index (κ2) is 5.92. The molecule has 0 radical (unpaired) electrons. The van der Waals surface area contributed by atoms with Crippen LogP contribution in [0.3, 0.4) is 0 Å². The highest BCUT2D eigenvalue weighted by Crippen LogP contribution is 2.14. The van der Waals surface area contributed by atoms with Crippen LogP contribution in [0, 0.1) is 12.8 Å². The zero-order valence-corrected chi connectivity index (χ0v) is 10.5. The molecule has 2 amide bonds. The number of hydrogen-bond acceptors (Lipinski definition) is 5. The van der Waals surface area contributed by atoms with E-state index in [4.69, 9.17) is 4.74 Å². The van der Waals surface area contributed by atoms with Crippen molar-refractivity contribution >= 4 is 22.5 Å². The third-order valence-corrected chi connectivity index (χ3v) is 3.31. The van der Waals surface area contributed by atoms with Crippen molar-refractivity contribution in [2.24, 2.45) is 5.92 Å². The molecule has 2 heterocycles. The minimum atomic E-state index is -0.230. The fourth-order valence-corrected chi connectivity index (χ4v) is 2.28. The molecule has 1 unspecified atom stereocenters. The van der Waals surface area contributed by atoms with E-state index >= 15 is 0 Å². The summed E-state index contributed by atoms with van der Waals surface area (Å²) >= 11 is 1.36. The highest BCUT2D eigenvalue weighted by Gasteiger charge is 2.15. The van der Waals surface area contributed by atoms with E-state index in [1.165, 1.54) is 11.3 Å². The van der Waals surface area contributed by atoms with Gasteiger partial charge in [-0.25, -0.2) is 4.79 Å². The Kier molecular flexibility index (Phi) is 4.27. The summed E-state index contributed by atoms with van der Waals surface area (Å²) in [5, 5.41) is 14.5. The number of carbonyl (C=O) groups excluding carboxylic acids is 1. The molecule has 1 aromatic rings. The average molecular weight is 256 g/mol. The third-order valence-electron chi connectivity index (χ3n) is 2.55. The molecule has 1 aliphatic rings. The van der Waals surface area contributed by atoms with Gasteiger partial charge in [0, 0.05) is 13.2 Å². The van der Waals surface area contributed by atoms with Crippen LogP contribution in [0.5, 0.6) is 0 Å². The van der Waals surface area contributed by atoms with Gasteiger partial charge in [-0.2, -0.15) is 0 Å². The lowest BCUT2D eigenvalue weighted by Gasteiger charge is -2.22. The molecule has 2 N–H and O–H groups in total. The van der Waals surface area contributed by atoms with Crippen LogP contribution in [0.25, 0.3) is 0 Å². The lowest BCUT2D eigenvalue weighted by molar-refractivity contribution is 0.0559. The average Bonchev–Trinajstić information content (AvgIpc) is 2.73. The summed E-state index contributed by atoms with van der Waals surface area (Å²) in [6, 6.07) is -0.230. The molecule has 1 aliphatic heterocycles. The standard InChI is InChI=1S/C10H16N4O2S/c1-7-13-14-10(17-7)12-9(15)11-5-8-3-2-4-16-6-8/h8H,2-6H2,1H3,(H2,11,12,14,15). The van der Waals surface area contributed by atoms with Crippen LogP contribution in [0.4, 0.5) is 9.93 Å². The van der Waals surface area contributed by atoms with E-state index in [9.17, 15) is 4.79 Å². The largest absolute Gasteiger partial charge is 0.381 e. The highest BCUT2D eigenvalue weighted by molar-refractivity contribution is 7.15. The summed E-state index contributed by atoms with van der Waals surface area (Å²) in [5.41, 5.74) is 0. The highest BCUT2D eigenvalue weighted by atomic mass is 32.1. The summed E-state index contributed by atoms with van der Waals surface area (Å²) in [6.45, 7) is 4.06. The van der Waals surface area contributed by atoms with Crippen LogP contribution < -0.4 is 10.6 Å². The summed E-state index contributed by atoms with van der Waals surface area (Å²) in [5.74, 6) is 0.422. The zero-order valence-electron chi connectivity index (χ0n) is 9.73. The van der Waals surface area contributed by atoms with Crippen LogP contribution in [-0.2, 0) is 4.74 Å². The Morgan fingerprint density at radius 1 is 1.59 bits per heavy atom. The molecular weight excluding hydrogens is 240 g/mol. The SMILES string of the molecule is Cc1nnc(NC(=O)NCC2CCCOC2)s1. The number of carbonyl (C=O) groups is 1. The zero-order chi connectivity index (χ0) is 12.1. The van der Waals surface area contributed by atoms with Gasteiger partial charge >= 0.3 is 6.03 Å². The van der Waals surface area contributed by atoms with Crippen molar-refractivity contribution in [3.63, 3.8) is 0 Å².